The van der Waals surface area contributed by atoms with E-state index in [1.165, 1.54) is 37.8 Å². The maximum atomic E-state index is 13.3. The van der Waals surface area contributed by atoms with E-state index in [0.29, 0.717) is 29.3 Å². The van der Waals surface area contributed by atoms with Crippen LogP contribution in [0, 0.1) is 5.82 Å². The second-order valence-corrected chi connectivity index (χ2v) is 9.15. The number of halogens is 1. The van der Waals surface area contributed by atoms with Crippen molar-refractivity contribution < 1.29 is 14.0 Å². The highest BCUT2D eigenvalue weighted by atomic mass is 32.2. The summed E-state index contributed by atoms with van der Waals surface area (Å²) < 4.78 is 13.3. The third kappa shape index (κ3) is 7.26. The van der Waals surface area contributed by atoms with Crippen molar-refractivity contribution in [1.82, 2.24) is 5.32 Å². The molecule has 0 aliphatic carbocycles. The number of amides is 2. The first kappa shape index (κ1) is 24.1. The lowest BCUT2D eigenvalue weighted by Gasteiger charge is -2.27. The smallest absolute Gasteiger partial charge is 0.251 e. The molecule has 0 radical (unpaired) electrons. The lowest BCUT2D eigenvalue weighted by atomic mass is 10.1. The van der Waals surface area contributed by atoms with Crippen molar-refractivity contribution in [3.05, 3.63) is 59.4 Å². The number of rotatable bonds is 12. The topological polar surface area (TPSA) is 70.2 Å². The van der Waals surface area contributed by atoms with Gasteiger partial charge in [-0.25, -0.2) is 4.39 Å². The van der Waals surface area contributed by atoms with Crippen LogP contribution in [0.15, 0.2) is 42.5 Å². The van der Waals surface area contributed by atoms with Crippen molar-refractivity contribution in [3.8, 4) is 0 Å². The zero-order valence-corrected chi connectivity index (χ0v) is 19.4. The molecule has 1 heterocycles. The Morgan fingerprint density at radius 1 is 1.06 bits per heavy atom. The molecule has 0 fully saturated rings. The van der Waals surface area contributed by atoms with E-state index in [2.05, 4.69) is 22.9 Å². The summed E-state index contributed by atoms with van der Waals surface area (Å²) in [5.41, 5.74) is 2.85. The van der Waals surface area contributed by atoms with E-state index < -0.39 is 0 Å². The molecule has 172 valence electrons. The second kappa shape index (κ2) is 12.5. The van der Waals surface area contributed by atoms with Crippen LogP contribution in [0.1, 0.15) is 61.4 Å². The molecular weight excluding hydrogens is 425 g/mol. The maximum absolute atomic E-state index is 13.3. The number of hydrogen-bond acceptors (Lipinski definition) is 4. The first-order valence-corrected chi connectivity index (χ1v) is 12.5. The van der Waals surface area contributed by atoms with E-state index in [-0.39, 0.29) is 23.7 Å². The highest BCUT2D eigenvalue weighted by Crippen LogP contribution is 2.29. The van der Waals surface area contributed by atoms with Crippen LogP contribution in [0.4, 0.5) is 15.8 Å². The molecule has 1 aliphatic rings. The molecule has 5 nitrogen and oxygen atoms in total. The van der Waals surface area contributed by atoms with E-state index in [4.69, 9.17) is 0 Å². The first-order valence-electron chi connectivity index (χ1n) is 11.4. The molecule has 32 heavy (non-hydrogen) atoms. The summed E-state index contributed by atoms with van der Waals surface area (Å²) in [6.45, 7) is 2.86. The van der Waals surface area contributed by atoms with Gasteiger partial charge in [-0.1, -0.05) is 51.2 Å². The van der Waals surface area contributed by atoms with Crippen molar-refractivity contribution in [2.45, 2.75) is 57.2 Å². The number of hydrogen-bond donors (Lipinski definition) is 3. The van der Waals surface area contributed by atoms with Crippen molar-refractivity contribution >= 4 is 35.0 Å². The van der Waals surface area contributed by atoms with Gasteiger partial charge < -0.3 is 16.0 Å². The quantitative estimate of drug-likeness (QED) is 0.364. The molecule has 0 saturated carbocycles. The summed E-state index contributed by atoms with van der Waals surface area (Å²) in [5, 5.41) is 9.11. The normalized spacial score (nSPS) is 14.9. The molecule has 0 aromatic heterocycles. The fourth-order valence-electron chi connectivity index (χ4n) is 3.64. The number of carbonyl (C=O) groups excluding carboxylic acids is 2. The van der Waals surface area contributed by atoms with Crippen LogP contribution in [0.3, 0.4) is 0 Å². The number of thioether (sulfide) groups is 1. The van der Waals surface area contributed by atoms with Gasteiger partial charge in [0.25, 0.3) is 5.91 Å². The molecule has 2 aromatic rings. The monoisotopic (exact) mass is 457 g/mol. The van der Waals surface area contributed by atoms with Crippen LogP contribution in [0.5, 0.6) is 0 Å². The molecule has 0 saturated heterocycles. The minimum absolute atomic E-state index is 0.122. The molecule has 1 aliphatic heterocycles. The predicted octanol–water partition coefficient (Wildman–Crippen LogP) is 5.58. The predicted molar refractivity (Wildman–Crippen MR) is 131 cm³/mol. The van der Waals surface area contributed by atoms with Crippen molar-refractivity contribution in [1.29, 1.82) is 0 Å². The molecule has 2 aromatic carbocycles. The standard InChI is InChI=1S/C25H32FN3O2S/c1-2-3-4-5-6-7-13-27-24(30)19-11-12-21-22(15-19)29-25(31)23(28-21)17-32-16-18-9-8-10-20(26)14-18/h8-12,14-15,23,28H,2-7,13,16-17H2,1H3,(H,27,30)(H,29,31)/t23-/m1/s1. The van der Waals surface area contributed by atoms with Gasteiger partial charge in [-0.3, -0.25) is 9.59 Å². The summed E-state index contributed by atoms with van der Waals surface area (Å²) in [4.78, 5) is 24.9. The Morgan fingerprint density at radius 2 is 1.88 bits per heavy atom. The SMILES string of the molecule is CCCCCCCCNC(=O)c1ccc2c(c1)NC(=O)[C@@H](CSCc1cccc(F)c1)N2. The zero-order valence-electron chi connectivity index (χ0n) is 18.6. The minimum atomic E-state index is -0.381. The van der Waals surface area contributed by atoms with Gasteiger partial charge in [-0.2, -0.15) is 11.8 Å². The Morgan fingerprint density at radius 3 is 2.69 bits per heavy atom. The number of fused-ring (bicyclic) bond motifs is 1. The van der Waals surface area contributed by atoms with Crippen LogP contribution in [-0.2, 0) is 10.5 Å². The van der Waals surface area contributed by atoms with Gasteiger partial charge >= 0.3 is 0 Å². The van der Waals surface area contributed by atoms with Gasteiger partial charge in [0.15, 0.2) is 0 Å². The minimum Gasteiger partial charge on any atom is -0.371 e. The molecule has 0 spiro atoms. The van der Waals surface area contributed by atoms with Crippen LogP contribution in [-0.4, -0.2) is 30.2 Å². The average Bonchev–Trinajstić information content (AvgIpc) is 2.78. The first-order chi connectivity index (χ1) is 15.6. The van der Waals surface area contributed by atoms with Gasteiger partial charge in [-0.15, -0.1) is 0 Å². The van der Waals surface area contributed by atoms with Crippen LogP contribution in [0.25, 0.3) is 0 Å². The molecule has 1 atom stereocenters. The van der Waals surface area contributed by atoms with E-state index >= 15 is 0 Å². The number of nitrogens with one attached hydrogen (secondary N) is 3. The highest BCUT2D eigenvalue weighted by Gasteiger charge is 2.26. The summed E-state index contributed by atoms with van der Waals surface area (Å²) in [5.74, 6) is 0.686. The van der Waals surface area contributed by atoms with E-state index in [1.54, 1.807) is 30.0 Å². The van der Waals surface area contributed by atoms with Crippen molar-refractivity contribution in [2.24, 2.45) is 0 Å². The Balaban J connectivity index is 1.45. The summed E-state index contributed by atoms with van der Waals surface area (Å²) in [7, 11) is 0. The molecule has 7 heteroatoms. The van der Waals surface area contributed by atoms with Crippen LogP contribution in [0.2, 0.25) is 0 Å². The van der Waals surface area contributed by atoms with Gasteiger partial charge in [-0.05, 0) is 42.3 Å². The maximum Gasteiger partial charge on any atom is 0.251 e. The summed E-state index contributed by atoms with van der Waals surface area (Å²) >= 11 is 1.57. The lowest BCUT2D eigenvalue weighted by Crippen LogP contribution is -2.40. The van der Waals surface area contributed by atoms with Gasteiger partial charge in [0, 0.05) is 23.6 Å². The molecule has 2 amide bonds. The fourth-order valence-corrected chi connectivity index (χ4v) is 4.64. The van der Waals surface area contributed by atoms with Gasteiger partial charge in [0.2, 0.25) is 5.91 Å². The van der Waals surface area contributed by atoms with Gasteiger partial charge in [0.05, 0.1) is 11.4 Å². The number of unbranched alkanes of at least 4 members (excludes halogenated alkanes) is 5. The molecular formula is C25H32FN3O2S. The summed E-state index contributed by atoms with van der Waals surface area (Å²) in [6, 6.07) is 11.4. The Bertz CT molecular complexity index is 922. The van der Waals surface area contributed by atoms with Crippen LogP contribution < -0.4 is 16.0 Å². The summed E-state index contributed by atoms with van der Waals surface area (Å²) in [6.07, 6.45) is 7.08. The van der Waals surface area contributed by atoms with Crippen molar-refractivity contribution in [2.75, 3.05) is 22.9 Å². The molecule has 0 bridgehead atoms. The second-order valence-electron chi connectivity index (χ2n) is 8.12. The Labute approximate surface area is 193 Å². The average molecular weight is 458 g/mol. The fraction of sp³-hybridized carbons (Fsp3) is 0.440. The number of carbonyl (C=O) groups is 2. The third-order valence-corrected chi connectivity index (χ3v) is 6.55. The van der Waals surface area contributed by atoms with Gasteiger partial charge in [0.1, 0.15) is 11.9 Å². The largest absolute Gasteiger partial charge is 0.371 e. The van der Waals surface area contributed by atoms with E-state index in [1.807, 2.05) is 12.1 Å². The van der Waals surface area contributed by atoms with E-state index in [9.17, 15) is 14.0 Å². The third-order valence-electron chi connectivity index (χ3n) is 5.44. The number of benzene rings is 2. The molecule has 0 unspecified atom stereocenters. The van der Waals surface area contributed by atoms with Crippen molar-refractivity contribution in [3.63, 3.8) is 0 Å². The Kier molecular flexibility index (Phi) is 9.41. The lowest BCUT2D eigenvalue weighted by molar-refractivity contribution is -0.116. The van der Waals surface area contributed by atoms with Crippen LogP contribution >= 0.6 is 11.8 Å². The highest BCUT2D eigenvalue weighted by molar-refractivity contribution is 7.98. The molecule has 3 rings (SSSR count). The Hall–Kier alpha value is -2.54. The van der Waals surface area contributed by atoms with E-state index in [0.717, 1.165) is 24.1 Å². The molecule has 3 N–H and O–H groups in total. The zero-order chi connectivity index (χ0) is 22.8. The number of anilines is 2.